The summed E-state index contributed by atoms with van der Waals surface area (Å²) in [5, 5.41) is 9.79. The van der Waals surface area contributed by atoms with Gasteiger partial charge >= 0.3 is 0 Å². The molecule has 0 aromatic rings. The van der Waals surface area contributed by atoms with Crippen molar-refractivity contribution in [2.75, 3.05) is 13.1 Å². The molecular weight excluding hydrogens is 390 g/mol. The lowest BCUT2D eigenvalue weighted by Crippen LogP contribution is -2.60. The molecule has 2 unspecified atom stereocenters. The Kier molecular flexibility index (Phi) is 6.54. The predicted octanol–water partition coefficient (Wildman–Crippen LogP) is 7.15. The lowest BCUT2D eigenvalue weighted by molar-refractivity contribution is -0.133. The maximum Gasteiger partial charge on any atom is 0.0794 e. The first-order valence-corrected chi connectivity index (χ1v) is 14.6. The van der Waals surface area contributed by atoms with E-state index in [1.807, 2.05) is 0 Å². The summed E-state index contributed by atoms with van der Waals surface area (Å²) in [4.78, 5) is 2.59. The summed E-state index contributed by atoms with van der Waals surface area (Å²) in [6, 6.07) is 0.768. The summed E-state index contributed by atoms with van der Waals surface area (Å²) in [5.41, 5.74) is 1.23. The average Bonchev–Trinajstić information content (AvgIpc) is 3.08. The molecule has 5 fully saturated rings. The van der Waals surface area contributed by atoms with Gasteiger partial charge < -0.3 is 5.11 Å². The highest BCUT2D eigenvalue weighted by Gasteiger charge is 2.60. The fourth-order valence-electron chi connectivity index (χ4n) is 10.4. The molecule has 2 nitrogen and oxygen atoms in total. The average molecular weight is 444 g/mol. The minimum absolute atomic E-state index is 0.0434. The van der Waals surface area contributed by atoms with Crippen molar-refractivity contribution in [1.82, 2.24) is 4.90 Å². The summed E-state index contributed by atoms with van der Waals surface area (Å²) in [6.07, 6.45) is 17.6. The van der Waals surface area contributed by atoms with Crippen LogP contribution < -0.4 is 0 Å². The highest BCUT2D eigenvalue weighted by Crippen LogP contribution is 2.68. The highest BCUT2D eigenvalue weighted by molar-refractivity contribution is 5.10. The van der Waals surface area contributed by atoms with Gasteiger partial charge in [0.25, 0.3) is 0 Å². The molecule has 0 radical (unpaired) electrons. The van der Waals surface area contributed by atoms with Gasteiger partial charge in [0.15, 0.2) is 0 Å². The van der Waals surface area contributed by atoms with Crippen LogP contribution in [0.25, 0.3) is 0 Å². The largest absolute Gasteiger partial charge is 0.390 e. The Labute approximate surface area is 199 Å². The number of likely N-dealkylation sites (tertiary alicyclic amines) is 1. The van der Waals surface area contributed by atoms with Crippen molar-refractivity contribution in [2.24, 2.45) is 52.3 Å². The quantitative estimate of drug-likeness (QED) is 0.471. The Balaban J connectivity index is 1.24. The van der Waals surface area contributed by atoms with Crippen molar-refractivity contribution in [1.29, 1.82) is 0 Å². The van der Waals surface area contributed by atoms with E-state index in [2.05, 4.69) is 39.5 Å². The van der Waals surface area contributed by atoms with Crippen molar-refractivity contribution in [3.8, 4) is 0 Å². The molecule has 1 N–H and O–H groups in total. The van der Waals surface area contributed by atoms with Crippen molar-refractivity contribution in [3.63, 3.8) is 0 Å². The lowest BCUT2D eigenvalue weighted by atomic mass is 9.44. The van der Waals surface area contributed by atoms with E-state index in [4.69, 9.17) is 0 Å². The molecule has 2 heteroatoms. The van der Waals surface area contributed by atoms with Gasteiger partial charge in [-0.3, -0.25) is 4.90 Å². The maximum atomic E-state index is 9.79. The van der Waals surface area contributed by atoms with Crippen molar-refractivity contribution in [3.05, 3.63) is 0 Å². The van der Waals surface area contributed by atoms with Crippen LogP contribution in [-0.4, -0.2) is 35.2 Å². The van der Waals surface area contributed by atoms with Crippen LogP contribution in [0.1, 0.15) is 112 Å². The number of fused-ring (bicyclic) bond motifs is 5. The number of rotatable bonds is 6. The molecular formula is C30H53NO. The van der Waals surface area contributed by atoms with Gasteiger partial charge in [-0.25, -0.2) is 0 Å². The first-order chi connectivity index (χ1) is 15.2. The van der Waals surface area contributed by atoms with Crippen molar-refractivity contribution in [2.45, 2.75) is 124 Å². The minimum Gasteiger partial charge on any atom is -0.390 e. The van der Waals surface area contributed by atoms with Gasteiger partial charge in [0.1, 0.15) is 0 Å². The second-order valence-corrected chi connectivity index (χ2v) is 14.2. The van der Waals surface area contributed by atoms with Crippen LogP contribution in [0.2, 0.25) is 0 Å². The molecule has 32 heavy (non-hydrogen) atoms. The van der Waals surface area contributed by atoms with Crippen molar-refractivity contribution < 1.29 is 5.11 Å². The molecule has 0 aromatic carbocycles. The normalized spacial score (nSPS) is 48.1. The lowest BCUT2D eigenvalue weighted by Gasteiger charge is -2.62. The molecule has 1 aliphatic heterocycles. The highest BCUT2D eigenvalue weighted by atomic mass is 16.3. The molecule has 5 aliphatic rings. The molecule has 1 saturated heterocycles. The number of hydrogen-bond acceptors (Lipinski definition) is 2. The van der Waals surface area contributed by atoms with Gasteiger partial charge in [0, 0.05) is 19.1 Å². The zero-order valence-corrected chi connectivity index (χ0v) is 22.0. The third kappa shape index (κ3) is 3.92. The van der Waals surface area contributed by atoms with Gasteiger partial charge in [0.2, 0.25) is 0 Å². The molecule has 0 bridgehead atoms. The summed E-state index contributed by atoms with van der Waals surface area (Å²) in [5.74, 6) is 6.75. The van der Waals surface area contributed by atoms with E-state index in [1.165, 1.54) is 77.0 Å². The minimum atomic E-state index is -0.0434. The fraction of sp³-hybridized carbons (Fsp3) is 1.00. The Morgan fingerprint density at radius 2 is 1.56 bits per heavy atom. The maximum absolute atomic E-state index is 9.79. The number of nitrogens with zero attached hydrogens (tertiary/aromatic N) is 1. The predicted molar refractivity (Wildman–Crippen MR) is 134 cm³/mol. The summed E-state index contributed by atoms with van der Waals surface area (Å²) >= 11 is 0. The van der Waals surface area contributed by atoms with Gasteiger partial charge in [-0.15, -0.1) is 0 Å². The smallest absolute Gasteiger partial charge is 0.0794 e. The Hall–Kier alpha value is -0.0800. The second kappa shape index (κ2) is 8.85. The topological polar surface area (TPSA) is 23.5 Å². The SMILES string of the molecule is CC(C)CCC[C@@H](C)[C@H]1CC[C@H]2[C@@H]3CCC4CC(N5CC(O)C5)CC[C@]4(C)[C@H]3CC[C@]12C. The van der Waals surface area contributed by atoms with Crippen LogP contribution in [0.4, 0.5) is 0 Å². The molecule has 0 spiro atoms. The van der Waals surface area contributed by atoms with Gasteiger partial charge in [-0.1, -0.05) is 53.9 Å². The molecule has 4 aliphatic carbocycles. The Morgan fingerprint density at radius 1 is 0.844 bits per heavy atom. The van der Waals surface area contributed by atoms with E-state index < -0.39 is 0 Å². The molecule has 4 saturated carbocycles. The van der Waals surface area contributed by atoms with Crippen LogP contribution in [-0.2, 0) is 0 Å². The van der Waals surface area contributed by atoms with Crippen molar-refractivity contribution >= 4 is 0 Å². The van der Waals surface area contributed by atoms with E-state index in [0.717, 1.165) is 60.6 Å². The number of hydrogen-bond donors (Lipinski definition) is 1. The third-order valence-corrected chi connectivity index (χ3v) is 12.2. The van der Waals surface area contributed by atoms with Gasteiger partial charge in [-0.05, 0) is 110 Å². The molecule has 9 atom stereocenters. The molecule has 184 valence electrons. The first-order valence-electron chi connectivity index (χ1n) is 14.6. The van der Waals surface area contributed by atoms with Gasteiger partial charge in [0.05, 0.1) is 6.10 Å². The zero-order valence-electron chi connectivity index (χ0n) is 22.0. The Morgan fingerprint density at radius 3 is 2.28 bits per heavy atom. The number of aliphatic hydroxyl groups excluding tert-OH is 1. The summed E-state index contributed by atoms with van der Waals surface area (Å²) in [6.45, 7) is 14.7. The molecule has 5 rings (SSSR count). The molecule has 0 amide bonds. The van der Waals surface area contributed by atoms with E-state index >= 15 is 0 Å². The summed E-state index contributed by atoms with van der Waals surface area (Å²) < 4.78 is 0. The molecule has 0 aromatic heterocycles. The standard InChI is InChI=1S/C30H53NO/c1-20(2)7-6-8-21(3)26-11-12-27-25-10-9-22-17-23(31-18-24(32)19-31)13-15-29(22,4)28(25)14-16-30(26,27)5/h20-28,32H,6-19H2,1-5H3/t21-,22?,23?,25+,26-,27+,28+,29+,30-/m1/s1. The second-order valence-electron chi connectivity index (χ2n) is 14.2. The first kappa shape index (κ1) is 23.7. The fourth-order valence-corrected chi connectivity index (χ4v) is 10.4. The zero-order chi connectivity index (χ0) is 22.7. The van der Waals surface area contributed by atoms with Crippen LogP contribution >= 0.6 is 0 Å². The van der Waals surface area contributed by atoms with Crippen LogP contribution in [0, 0.1) is 52.3 Å². The summed E-state index contributed by atoms with van der Waals surface area (Å²) in [7, 11) is 0. The van der Waals surface area contributed by atoms with Crippen LogP contribution in [0.3, 0.4) is 0 Å². The number of aliphatic hydroxyl groups is 1. The van der Waals surface area contributed by atoms with Crippen LogP contribution in [0.5, 0.6) is 0 Å². The Bertz CT molecular complexity index is 655. The van der Waals surface area contributed by atoms with E-state index in [1.54, 1.807) is 0 Å². The molecule has 1 heterocycles. The van der Waals surface area contributed by atoms with E-state index in [0.29, 0.717) is 10.8 Å². The van der Waals surface area contributed by atoms with Crippen LogP contribution in [0.15, 0.2) is 0 Å². The third-order valence-electron chi connectivity index (χ3n) is 12.2. The monoisotopic (exact) mass is 443 g/mol. The number of β-amino-alcohol motifs (C(OH)–C–C–N with tert-alkyl or cyclic N) is 1. The van der Waals surface area contributed by atoms with Gasteiger partial charge in [-0.2, -0.15) is 0 Å². The van der Waals surface area contributed by atoms with E-state index in [9.17, 15) is 5.11 Å². The van der Waals surface area contributed by atoms with E-state index in [-0.39, 0.29) is 6.10 Å².